The molecule has 134 valence electrons. The fourth-order valence-corrected chi connectivity index (χ4v) is 3.72. The summed E-state index contributed by atoms with van der Waals surface area (Å²) in [5.41, 5.74) is 1.24. The normalized spacial score (nSPS) is 15.5. The lowest BCUT2D eigenvalue weighted by Crippen LogP contribution is -2.37. The number of benzene rings is 1. The minimum absolute atomic E-state index is 0.171. The molecular weight excluding hydrogens is 332 g/mol. The number of amides is 1. The third-order valence-electron chi connectivity index (χ3n) is 4.75. The first-order chi connectivity index (χ1) is 12.2. The van der Waals surface area contributed by atoms with E-state index in [0.29, 0.717) is 5.92 Å². The summed E-state index contributed by atoms with van der Waals surface area (Å²) in [6, 6.07) is 10.4. The summed E-state index contributed by atoms with van der Waals surface area (Å²) in [4.78, 5) is 18.4. The molecule has 0 aliphatic carbocycles. The summed E-state index contributed by atoms with van der Waals surface area (Å²) in [7, 11) is 0. The molecule has 1 aliphatic rings. The highest BCUT2D eigenvalue weighted by Gasteiger charge is 2.26. The Kier molecular flexibility index (Phi) is 6.13. The lowest BCUT2D eigenvalue weighted by Gasteiger charge is -2.30. The van der Waals surface area contributed by atoms with Crippen molar-refractivity contribution in [2.24, 2.45) is 0 Å². The van der Waals surface area contributed by atoms with Crippen molar-refractivity contribution >= 4 is 17.7 Å². The van der Waals surface area contributed by atoms with Crippen LogP contribution in [0, 0.1) is 0 Å². The van der Waals surface area contributed by atoms with Crippen molar-refractivity contribution in [3.05, 3.63) is 47.5 Å². The van der Waals surface area contributed by atoms with E-state index in [0.717, 1.165) is 56.3 Å². The third-order valence-corrected chi connectivity index (χ3v) is 5.37. The van der Waals surface area contributed by atoms with Crippen molar-refractivity contribution < 1.29 is 4.79 Å². The number of rotatable bonds is 6. The van der Waals surface area contributed by atoms with E-state index < -0.39 is 0 Å². The Labute approximate surface area is 153 Å². The van der Waals surface area contributed by atoms with Crippen LogP contribution in [0.5, 0.6) is 0 Å². The van der Waals surface area contributed by atoms with Crippen molar-refractivity contribution in [1.29, 1.82) is 0 Å². The Morgan fingerprint density at radius 1 is 1.24 bits per heavy atom. The monoisotopic (exact) mass is 358 g/mol. The smallest absolute Gasteiger partial charge is 0.219 e. The fraction of sp³-hybridized carbons (Fsp3) is 0.526. The molecule has 0 unspecified atom stereocenters. The maximum atomic E-state index is 11.6. The van der Waals surface area contributed by atoms with Crippen molar-refractivity contribution in [2.45, 2.75) is 38.6 Å². The zero-order valence-corrected chi connectivity index (χ0v) is 15.8. The molecular formula is C19H26N4OS. The van der Waals surface area contributed by atoms with E-state index in [1.807, 2.05) is 22.7 Å². The van der Waals surface area contributed by atoms with Gasteiger partial charge in [-0.3, -0.25) is 4.79 Å². The number of nitrogens with zero attached hydrogens (tertiary/aromatic N) is 4. The van der Waals surface area contributed by atoms with Crippen LogP contribution in [0.1, 0.15) is 42.9 Å². The molecule has 25 heavy (non-hydrogen) atoms. The highest BCUT2D eigenvalue weighted by molar-refractivity contribution is 7.98. The standard InChI is InChI=1S/C19H26N4OS/c1-15(24)22-11-8-17(9-12-22)19-20-18(10-13-25-2)21-23(19)14-16-6-4-3-5-7-16/h3-7,17H,8-14H2,1-2H3. The molecule has 0 N–H and O–H groups in total. The molecule has 0 atom stereocenters. The van der Waals surface area contributed by atoms with Gasteiger partial charge in [-0.25, -0.2) is 9.67 Å². The first kappa shape index (κ1) is 18.0. The molecule has 1 aromatic carbocycles. The van der Waals surface area contributed by atoms with Gasteiger partial charge in [0.2, 0.25) is 5.91 Å². The molecule has 2 heterocycles. The highest BCUT2D eigenvalue weighted by atomic mass is 32.2. The SMILES string of the molecule is CSCCc1nc(C2CCN(C(C)=O)CC2)n(Cc2ccccc2)n1. The van der Waals surface area contributed by atoms with E-state index in [-0.39, 0.29) is 5.91 Å². The minimum Gasteiger partial charge on any atom is -0.343 e. The Morgan fingerprint density at radius 2 is 1.96 bits per heavy atom. The van der Waals surface area contributed by atoms with Gasteiger partial charge in [0.1, 0.15) is 5.82 Å². The quantitative estimate of drug-likeness (QED) is 0.797. The predicted octanol–water partition coefficient (Wildman–Crippen LogP) is 2.96. The average Bonchev–Trinajstić information content (AvgIpc) is 3.03. The van der Waals surface area contributed by atoms with Crippen LogP contribution in [-0.4, -0.2) is 50.7 Å². The second kappa shape index (κ2) is 8.52. The van der Waals surface area contributed by atoms with Gasteiger partial charge in [0.25, 0.3) is 0 Å². The fourth-order valence-electron chi connectivity index (χ4n) is 3.33. The van der Waals surface area contributed by atoms with Gasteiger partial charge in [-0.05, 0) is 24.7 Å². The summed E-state index contributed by atoms with van der Waals surface area (Å²) in [6.45, 7) is 4.05. The van der Waals surface area contributed by atoms with Crippen LogP contribution in [0.3, 0.4) is 0 Å². The van der Waals surface area contributed by atoms with Crippen LogP contribution < -0.4 is 0 Å². The molecule has 6 heteroatoms. The van der Waals surface area contributed by atoms with E-state index in [1.165, 1.54) is 5.56 Å². The zero-order valence-electron chi connectivity index (χ0n) is 15.0. The van der Waals surface area contributed by atoms with E-state index in [1.54, 1.807) is 6.92 Å². The molecule has 2 aromatic rings. The van der Waals surface area contributed by atoms with Crippen molar-refractivity contribution in [1.82, 2.24) is 19.7 Å². The molecule has 0 spiro atoms. The number of hydrogen-bond acceptors (Lipinski definition) is 4. The Bertz CT molecular complexity index is 693. The maximum Gasteiger partial charge on any atom is 0.219 e. The number of aryl methyl sites for hydroxylation is 1. The van der Waals surface area contributed by atoms with E-state index in [2.05, 4.69) is 35.2 Å². The number of thioether (sulfide) groups is 1. The van der Waals surface area contributed by atoms with Crippen molar-refractivity contribution in [2.75, 3.05) is 25.1 Å². The second-order valence-electron chi connectivity index (χ2n) is 6.55. The van der Waals surface area contributed by atoms with Crippen molar-refractivity contribution in [3.63, 3.8) is 0 Å². The number of piperidine rings is 1. The average molecular weight is 359 g/mol. The summed E-state index contributed by atoms with van der Waals surface area (Å²) < 4.78 is 2.08. The molecule has 1 aliphatic heterocycles. The topological polar surface area (TPSA) is 51.0 Å². The maximum absolute atomic E-state index is 11.6. The van der Waals surface area contributed by atoms with Gasteiger partial charge < -0.3 is 4.90 Å². The first-order valence-electron chi connectivity index (χ1n) is 8.89. The van der Waals surface area contributed by atoms with Gasteiger partial charge in [0, 0.05) is 38.1 Å². The van der Waals surface area contributed by atoms with Gasteiger partial charge in [0.05, 0.1) is 6.54 Å². The van der Waals surface area contributed by atoms with Gasteiger partial charge in [-0.15, -0.1) is 0 Å². The predicted molar refractivity (Wildman–Crippen MR) is 102 cm³/mol. The Balaban J connectivity index is 1.78. The van der Waals surface area contributed by atoms with Crippen LogP contribution in [0.2, 0.25) is 0 Å². The number of carbonyl (C=O) groups excluding carboxylic acids is 1. The van der Waals surface area contributed by atoms with Crippen LogP contribution in [-0.2, 0) is 17.8 Å². The van der Waals surface area contributed by atoms with E-state index >= 15 is 0 Å². The van der Waals surface area contributed by atoms with Crippen LogP contribution >= 0.6 is 11.8 Å². The zero-order chi connectivity index (χ0) is 17.6. The molecule has 3 rings (SSSR count). The third kappa shape index (κ3) is 4.63. The molecule has 1 saturated heterocycles. The number of likely N-dealkylation sites (tertiary alicyclic amines) is 1. The summed E-state index contributed by atoms with van der Waals surface area (Å²) in [5.74, 6) is 3.62. The van der Waals surface area contributed by atoms with E-state index in [9.17, 15) is 4.79 Å². The number of hydrogen-bond donors (Lipinski definition) is 0. The van der Waals surface area contributed by atoms with Gasteiger partial charge in [-0.1, -0.05) is 30.3 Å². The molecule has 0 saturated carbocycles. The minimum atomic E-state index is 0.171. The Hall–Kier alpha value is -1.82. The van der Waals surface area contributed by atoms with Crippen LogP contribution in [0.4, 0.5) is 0 Å². The molecule has 0 bridgehead atoms. The van der Waals surface area contributed by atoms with Gasteiger partial charge >= 0.3 is 0 Å². The Morgan fingerprint density at radius 3 is 2.60 bits per heavy atom. The lowest BCUT2D eigenvalue weighted by molar-refractivity contribution is -0.129. The molecule has 1 fully saturated rings. The van der Waals surface area contributed by atoms with Crippen LogP contribution in [0.15, 0.2) is 30.3 Å². The lowest BCUT2D eigenvalue weighted by atomic mass is 9.96. The molecule has 5 nitrogen and oxygen atoms in total. The van der Waals surface area contributed by atoms with E-state index in [4.69, 9.17) is 10.1 Å². The van der Waals surface area contributed by atoms with Crippen LogP contribution in [0.25, 0.3) is 0 Å². The molecule has 1 amide bonds. The van der Waals surface area contributed by atoms with Gasteiger partial charge in [-0.2, -0.15) is 16.9 Å². The number of carbonyl (C=O) groups is 1. The summed E-state index contributed by atoms with van der Waals surface area (Å²) >= 11 is 1.82. The number of aromatic nitrogens is 3. The highest BCUT2D eigenvalue weighted by Crippen LogP contribution is 2.27. The summed E-state index contributed by atoms with van der Waals surface area (Å²) in [6.07, 6.45) is 4.95. The molecule has 0 radical (unpaired) electrons. The van der Waals surface area contributed by atoms with Crippen molar-refractivity contribution in [3.8, 4) is 0 Å². The second-order valence-corrected chi connectivity index (χ2v) is 7.54. The summed E-state index contributed by atoms with van der Waals surface area (Å²) in [5, 5.41) is 4.78. The molecule has 1 aromatic heterocycles. The first-order valence-corrected chi connectivity index (χ1v) is 10.3. The largest absolute Gasteiger partial charge is 0.343 e. The van der Waals surface area contributed by atoms with Gasteiger partial charge in [0.15, 0.2) is 5.82 Å².